The number of amides is 1. The molecule has 2 saturated heterocycles. The van der Waals surface area contributed by atoms with Crippen LogP contribution >= 0.6 is 0 Å². The molecule has 28 heavy (non-hydrogen) atoms. The molecule has 4 rings (SSSR count). The molecule has 0 unspecified atom stereocenters. The van der Waals surface area contributed by atoms with E-state index >= 15 is 0 Å². The smallest absolute Gasteiger partial charge is 0.222 e. The van der Waals surface area contributed by atoms with Crippen LogP contribution in [0.3, 0.4) is 0 Å². The number of rotatable bonds is 6. The van der Waals surface area contributed by atoms with Crippen molar-refractivity contribution in [3.05, 3.63) is 42.0 Å². The van der Waals surface area contributed by atoms with E-state index in [-0.39, 0.29) is 5.41 Å². The molecule has 0 radical (unpaired) electrons. The number of hydrogen-bond donors (Lipinski definition) is 1. The van der Waals surface area contributed by atoms with Gasteiger partial charge in [-0.2, -0.15) is 0 Å². The lowest BCUT2D eigenvalue weighted by Gasteiger charge is -2.48. The van der Waals surface area contributed by atoms with E-state index < -0.39 is 0 Å². The van der Waals surface area contributed by atoms with E-state index in [1.807, 2.05) is 18.6 Å². The standard InChI is InChI=1S/C21H30N6O/c1-2-19-23-10-17(11-24-19)13-26-8-3-6-21(14-26)7-4-20(28)27(15-21)9-5-18-12-22-16-25-18/h10-12,16H,2-9,13-15H2,1H3,(H,22,25)/t21-/m1/s1. The first kappa shape index (κ1) is 19.1. The first-order chi connectivity index (χ1) is 13.7. The van der Waals surface area contributed by atoms with Crippen molar-refractivity contribution in [3.63, 3.8) is 0 Å². The van der Waals surface area contributed by atoms with Gasteiger partial charge in [-0.25, -0.2) is 15.0 Å². The van der Waals surface area contributed by atoms with Gasteiger partial charge < -0.3 is 9.88 Å². The lowest BCUT2D eigenvalue weighted by atomic mass is 9.73. The van der Waals surface area contributed by atoms with Crippen molar-refractivity contribution < 1.29 is 4.79 Å². The Morgan fingerprint density at radius 1 is 1.18 bits per heavy atom. The average molecular weight is 383 g/mol. The number of hydrogen-bond acceptors (Lipinski definition) is 5. The fraction of sp³-hybridized carbons (Fsp3) is 0.619. The number of likely N-dealkylation sites (tertiary alicyclic amines) is 2. The van der Waals surface area contributed by atoms with Crippen LogP contribution in [0.1, 0.15) is 49.7 Å². The molecule has 1 atom stereocenters. The number of carbonyl (C=O) groups is 1. The lowest BCUT2D eigenvalue weighted by Crippen LogP contribution is -2.54. The summed E-state index contributed by atoms with van der Waals surface area (Å²) in [7, 11) is 0. The van der Waals surface area contributed by atoms with E-state index in [0.29, 0.717) is 12.3 Å². The zero-order chi connectivity index (χ0) is 19.4. The number of aromatic amines is 1. The monoisotopic (exact) mass is 382 g/mol. The van der Waals surface area contributed by atoms with Gasteiger partial charge in [0.25, 0.3) is 0 Å². The molecule has 7 heteroatoms. The van der Waals surface area contributed by atoms with Gasteiger partial charge in [0, 0.05) is 80.7 Å². The Bertz CT molecular complexity index is 775. The summed E-state index contributed by atoms with van der Waals surface area (Å²) in [5.74, 6) is 1.20. The van der Waals surface area contributed by atoms with Gasteiger partial charge in [-0.05, 0) is 25.8 Å². The first-order valence-electron chi connectivity index (χ1n) is 10.4. The molecule has 4 heterocycles. The summed E-state index contributed by atoms with van der Waals surface area (Å²) >= 11 is 0. The Morgan fingerprint density at radius 3 is 2.79 bits per heavy atom. The van der Waals surface area contributed by atoms with Crippen molar-refractivity contribution >= 4 is 5.91 Å². The predicted octanol–water partition coefficient (Wildman–Crippen LogP) is 2.21. The van der Waals surface area contributed by atoms with Crippen LogP contribution < -0.4 is 0 Å². The van der Waals surface area contributed by atoms with Crippen molar-refractivity contribution in [3.8, 4) is 0 Å². The molecule has 7 nitrogen and oxygen atoms in total. The molecule has 0 aliphatic carbocycles. The summed E-state index contributed by atoms with van der Waals surface area (Å²) in [5.41, 5.74) is 2.50. The SMILES string of the molecule is CCc1ncc(CN2CCC[C@@]3(CCC(=O)N(CCc4cnc[nH]4)C3)C2)cn1. The Morgan fingerprint density at radius 2 is 2.04 bits per heavy atom. The van der Waals surface area contributed by atoms with Gasteiger partial charge in [0.1, 0.15) is 5.82 Å². The highest BCUT2D eigenvalue weighted by Gasteiger charge is 2.41. The minimum Gasteiger partial charge on any atom is -0.348 e. The fourth-order valence-electron chi connectivity index (χ4n) is 4.67. The topological polar surface area (TPSA) is 78.0 Å². The molecule has 2 aliphatic heterocycles. The minimum absolute atomic E-state index is 0.227. The van der Waals surface area contributed by atoms with Gasteiger partial charge in [-0.3, -0.25) is 9.69 Å². The summed E-state index contributed by atoms with van der Waals surface area (Å²) in [6.07, 6.45) is 13.3. The number of H-pyrrole nitrogens is 1. The number of imidazole rings is 1. The molecular formula is C21H30N6O. The maximum Gasteiger partial charge on any atom is 0.222 e. The molecule has 2 aliphatic rings. The number of nitrogens with zero attached hydrogens (tertiary/aromatic N) is 5. The molecule has 1 amide bonds. The molecule has 2 fully saturated rings. The summed E-state index contributed by atoms with van der Waals surface area (Å²) in [5, 5.41) is 0. The van der Waals surface area contributed by atoms with Crippen LogP contribution in [0.2, 0.25) is 0 Å². The van der Waals surface area contributed by atoms with Crippen molar-refractivity contribution in [2.24, 2.45) is 5.41 Å². The number of aromatic nitrogens is 4. The molecule has 0 saturated carbocycles. The van der Waals surface area contributed by atoms with Gasteiger partial charge >= 0.3 is 0 Å². The second kappa shape index (κ2) is 8.39. The van der Waals surface area contributed by atoms with E-state index in [1.165, 1.54) is 18.4 Å². The van der Waals surface area contributed by atoms with Gasteiger partial charge in [-0.1, -0.05) is 6.92 Å². The highest BCUT2D eigenvalue weighted by molar-refractivity contribution is 5.77. The molecule has 0 aromatic carbocycles. The average Bonchev–Trinajstić information content (AvgIpc) is 3.23. The highest BCUT2D eigenvalue weighted by Crippen LogP contribution is 2.39. The second-order valence-electron chi connectivity index (χ2n) is 8.32. The van der Waals surface area contributed by atoms with Gasteiger partial charge in [0.05, 0.1) is 6.33 Å². The van der Waals surface area contributed by atoms with Gasteiger partial charge in [0.2, 0.25) is 5.91 Å². The van der Waals surface area contributed by atoms with E-state index in [2.05, 4.69) is 36.7 Å². The van der Waals surface area contributed by atoms with Crippen LogP contribution in [0.15, 0.2) is 24.9 Å². The maximum atomic E-state index is 12.5. The summed E-state index contributed by atoms with van der Waals surface area (Å²) < 4.78 is 0. The third kappa shape index (κ3) is 4.41. The van der Waals surface area contributed by atoms with E-state index in [4.69, 9.17) is 0 Å². The Labute approximate surface area is 166 Å². The van der Waals surface area contributed by atoms with Crippen molar-refractivity contribution in [2.75, 3.05) is 26.2 Å². The normalized spacial score (nSPS) is 23.5. The molecule has 1 spiro atoms. The van der Waals surface area contributed by atoms with Gasteiger partial charge in [-0.15, -0.1) is 0 Å². The second-order valence-corrected chi connectivity index (χ2v) is 8.32. The van der Waals surface area contributed by atoms with E-state index in [9.17, 15) is 4.79 Å². The third-order valence-corrected chi connectivity index (χ3v) is 6.18. The van der Waals surface area contributed by atoms with Gasteiger partial charge in [0.15, 0.2) is 0 Å². The quantitative estimate of drug-likeness (QED) is 0.829. The molecule has 0 bridgehead atoms. The zero-order valence-corrected chi connectivity index (χ0v) is 16.7. The zero-order valence-electron chi connectivity index (χ0n) is 16.7. The summed E-state index contributed by atoms with van der Waals surface area (Å²) in [4.78, 5) is 33.2. The molecule has 150 valence electrons. The Hall–Kier alpha value is -2.28. The molecule has 2 aromatic rings. The Kier molecular flexibility index (Phi) is 5.71. The summed E-state index contributed by atoms with van der Waals surface area (Å²) in [6, 6.07) is 0. The molecular weight excluding hydrogens is 352 g/mol. The fourth-order valence-corrected chi connectivity index (χ4v) is 4.67. The molecule has 1 N–H and O–H groups in total. The third-order valence-electron chi connectivity index (χ3n) is 6.18. The maximum absolute atomic E-state index is 12.5. The van der Waals surface area contributed by atoms with Crippen LogP contribution in [0.4, 0.5) is 0 Å². The van der Waals surface area contributed by atoms with Crippen LogP contribution in [-0.4, -0.2) is 61.8 Å². The first-order valence-corrected chi connectivity index (χ1v) is 10.4. The van der Waals surface area contributed by atoms with Crippen LogP contribution in [-0.2, 0) is 24.2 Å². The number of carbonyl (C=O) groups excluding carboxylic acids is 1. The van der Waals surface area contributed by atoms with Crippen molar-refractivity contribution in [2.45, 2.75) is 52.0 Å². The van der Waals surface area contributed by atoms with Crippen molar-refractivity contribution in [1.82, 2.24) is 29.7 Å². The minimum atomic E-state index is 0.227. The summed E-state index contributed by atoms with van der Waals surface area (Å²) in [6.45, 7) is 6.78. The number of piperidine rings is 2. The molecule has 2 aromatic heterocycles. The van der Waals surface area contributed by atoms with E-state index in [1.54, 1.807) is 6.33 Å². The number of nitrogens with one attached hydrogen (secondary N) is 1. The lowest BCUT2D eigenvalue weighted by molar-refractivity contribution is -0.139. The van der Waals surface area contributed by atoms with E-state index in [0.717, 1.165) is 63.5 Å². The van der Waals surface area contributed by atoms with Crippen molar-refractivity contribution in [1.29, 1.82) is 0 Å². The van der Waals surface area contributed by atoms with Crippen LogP contribution in [0.5, 0.6) is 0 Å². The highest BCUT2D eigenvalue weighted by atomic mass is 16.2. The van der Waals surface area contributed by atoms with Crippen LogP contribution in [0, 0.1) is 5.41 Å². The largest absolute Gasteiger partial charge is 0.348 e. The predicted molar refractivity (Wildman–Crippen MR) is 106 cm³/mol. The Balaban J connectivity index is 1.37. The number of aryl methyl sites for hydroxylation is 1. The van der Waals surface area contributed by atoms with Crippen LogP contribution in [0.25, 0.3) is 0 Å².